The topological polar surface area (TPSA) is 35.8 Å². The summed E-state index contributed by atoms with van der Waals surface area (Å²) in [6.07, 6.45) is 0. The number of anilines is 1. The summed E-state index contributed by atoms with van der Waals surface area (Å²) < 4.78 is 0. The predicted molar refractivity (Wildman–Crippen MR) is 79.7 cm³/mol. The first kappa shape index (κ1) is 13.7. The Morgan fingerprint density at radius 2 is 1.84 bits per heavy atom. The molecular formula is C15H12Cl2N2. The molecule has 0 amide bonds. The van der Waals surface area contributed by atoms with Crippen LogP contribution in [0.1, 0.15) is 24.1 Å². The lowest BCUT2D eigenvalue weighted by Gasteiger charge is -2.17. The number of rotatable bonds is 3. The SMILES string of the molecule is CC(Nc1ccccc1C#N)c1ccc(Cl)c(Cl)c1. The van der Waals surface area contributed by atoms with E-state index in [9.17, 15) is 0 Å². The van der Waals surface area contributed by atoms with E-state index < -0.39 is 0 Å². The second-order valence-electron chi connectivity index (χ2n) is 4.20. The predicted octanol–water partition coefficient (Wildman–Crippen LogP) is 5.04. The Hall–Kier alpha value is -1.69. The summed E-state index contributed by atoms with van der Waals surface area (Å²) in [5.41, 5.74) is 2.44. The maximum absolute atomic E-state index is 9.05. The van der Waals surface area contributed by atoms with Crippen LogP contribution in [0.15, 0.2) is 42.5 Å². The maximum Gasteiger partial charge on any atom is 0.101 e. The summed E-state index contributed by atoms with van der Waals surface area (Å²) in [5, 5.41) is 13.4. The Morgan fingerprint density at radius 3 is 2.53 bits per heavy atom. The van der Waals surface area contributed by atoms with Crippen LogP contribution in [0.25, 0.3) is 0 Å². The van der Waals surface area contributed by atoms with Crippen molar-refractivity contribution < 1.29 is 0 Å². The van der Waals surface area contributed by atoms with E-state index in [0.717, 1.165) is 11.3 Å². The number of benzene rings is 2. The summed E-state index contributed by atoms with van der Waals surface area (Å²) in [7, 11) is 0. The standard InChI is InChI=1S/C15H12Cl2N2/c1-10(11-6-7-13(16)14(17)8-11)19-15-5-3-2-4-12(15)9-18/h2-8,10,19H,1H3. The Bertz CT molecular complexity index is 632. The average molecular weight is 291 g/mol. The smallest absolute Gasteiger partial charge is 0.101 e. The third-order valence-electron chi connectivity index (χ3n) is 2.86. The molecule has 0 fully saturated rings. The van der Waals surface area contributed by atoms with Crippen LogP contribution in [0.4, 0.5) is 5.69 Å². The van der Waals surface area contributed by atoms with Crippen molar-refractivity contribution in [2.75, 3.05) is 5.32 Å². The molecule has 96 valence electrons. The van der Waals surface area contributed by atoms with E-state index in [2.05, 4.69) is 11.4 Å². The van der Waals surface area contributed by atoms with E-state index >= 15 is 0 Å². The lowest BCUT2D eigenvalue weighted by Crippen LogP contribution is -2.07. The highest BCUT2D eigenvalue weighted by Gasteiger charge is 2.09. The monoisotopic (exact) mass is 290 g/mol. The fourth-order valence-corrected chi connectivity index (χ4v) is 2.11. The van der Waals surface area contributed by atoms with Crippen molar-refractivity contribution in [2.45, 2.75) is 13.0 Å². The summed E-state index contributed by atoms with van der Waals surface area (Å²) in [6.45, 7) is 2.01. The zero-order valence-electron chi connectivity index (χ0n) is 10.3. The fraction of sp³-hybridized carbons (Fsp3) is 0.133. The minimum absolute atomic E-state index is 0.0317. The summed E-state index contributed by atoms with van der Waals surface area (Å²) in [6, 6.07) is 15.1. The van der Waals surface area contributed by atoms with Gasteiger partial charge in [0, 0.05) is 6.04 Å². The van der Waals surface area contributed by atoms with Gasteiger partial charge in [0.25, 0.3) is 0 Å². The van der Waals surface area contributed by atoms with Crippen LogP contribution in [0.2, 0.25) is 10.0 Å². The van der Waals surface area contributed by atoms with Gasteiger partial charge in [0.2, 0.25) is 0 Å². The first-order chi connectivity index (χ1) is 9.11. The molecule has 0 aliphatic heterocycles. The lowest BCUT2D eigenvalue weighted by atomic mass is 10.1. The van der Waals surface area contributed by atoms with Crippen LogP contribution in [-0.4, -0.2) is 0 Å². The van der Waals surface area contributed by atoms with Gasteiger partial charge in [0.15, 0.2) is 0 Å². The molecule has 0 aliphatic carbocycles. The Labute approximate surface area is 122 Å². The fourth-order valence-electron chi connectivity index (χ4n) is 1.80. The highest BCUT2D eigenvalue weighted by molar-refractivity contribution is 6.42. The van der Waals surface area contributed by atoms with Gasteiger partial charge < -0.3 is 5.32 Å². The summed E-state index contributed by atoms with van der Waals surface area (Å²) in [4.78, 5) is 0. The summed E-state index contributed by atoms with van der Waals surface area (Å²) >= 11 is 11.9. The molecule has 0 spiro atoms. The van der Waals surface area contributed by atoms with E-state index in [1.807, 2.05) is 37.3 Å². The van der Waals surface area contributed by atoms with Crippen LogP contribution < -0.4 is 5.32 Å². The number of nitriles is 1. The first-order valence-electron chi connectivity index (χ1n) is 5.82. The van der Waals surface area contributed by atoms with Crippen LogP contribution >= 0.6 is 23.2 Å². The van der Waals surface area contributed by atoms with Crippen molar-refractivity contribution >= 4 is 28.9 Å². The average Bonchev–Trinajstić information content (AvgIpc) is 2.42. The molecule has 19 heavy (non-hydrogen) atoms. The quantitative estimate of drug-likeness (QED) is 0.860. The van der Waals surface area contributed by atoms with Crippen LogP contribution in [0, 0.1) is 11.3 Å². The highest BCUT2D eigenvalue weighted by Crippen LogP contribution is 2.28. The van der Waals surface area contributed by atoms with Gasteiger partial charge >= 0.3 is 0 Å². The molecular weight excluding hydrogens is 279 g/mol. The zero-order chi connectivity index (χ0) is 13.8. The molecule has 1 N–H and O–H groups in total. The molecule has 0 aromatic heterocycles. The van der Waals surface area contributed by atoms with Crippen molar-refractivity contribution in [1.29, 1.82) is 5.26 Å². The molecule has 2 aromatic rings. The van der Waals surface area contributed by atoms with E-state index in [4.69, 9.17) is 28.5 Å². The van der Waals surface area contributed by atoms with Gasteiger partial charge in [0.05, 0.1) is 21.3 Å². The molecule has 0 heterocycles. The normalized spacial score (nSPS) is 11.7. The van der Waals surface area contributed by atoms with Crippen molar-refractivity contribution in [2.24, 2.45) is 0 Å². The molecule has 4 heteroatoms. The number of para-hydroxylation sites is 1. The molecule has 0 radical (unpaired) electrons. The Balaban J connectivity index is 2.23. The van der Waals surface area contributed by atoms with Gasteiger partial charge in [-0.15, -0.1) is 0 Å². The van der Waals surface area contributed by atoms with Crippen LogP contribution in [0.3, 0.4) is 0 Å². The molecule has 0 bridgehead atoms. The lowest BCUT2D eigenvalue weighted by molar-refractivity contribution is 0.884. The molecule has 0 aliphatic rings. The van der Waals surface area contributed by atoms with Crippen LogP contribution in [-0.2, 0) is 0 Å². The molecule has 0 saturated heterocycles. The van der Waals surface area contributed by atoms with Gasteiger partial charge in [0.1, 0.15) is 6.07 Å². The molecule has 2 rings (SSSR count). The molecule has 0 saturated carbocycles. The zero-order valence-corrected chi connectivity index (χ0v) is 11.8. The van der Waals surface area contributed by atoms with E-state index in [-0.39, 0.29) is 6.04 Å². The number of hydrogen-bond donors (Lipinski definition) is 1. The van der Waals surface area contributed by atoms with Crippen molar-refractivity contribution in [3.05, 3.63) is 63.6 Å². The molecule has 2 nitrogen and oxygen atoms in total. The third kappa shape index (κ3) is 3.20. The largest absolute Gasteiger partial charge is 0.377 e. The van der Waals surface area contributed by atoms with E-state index in [0.29, 0.717) is 15.6 Å². The molecule has 1 unspecified atom stereocenters. The third-order valence-corrected chi connectivity index (χ3v) is 3.60. The number of nitrogens with zero attached hydrogens (tertiary/aromatic N) is 1. The maximum atomic E-state index is 9.05. The number of nitrogens with one attached hydrogen (secondary N) is 1. The van der Waals surface area contributed by atoms with Gasteiger partial charge in [-0.05, 0) is 36.8 Å². The number of halogens is 2. The minimum atomic E-state index is 0.0317. The van der Waals surface area contributed by atoms with Gasteiger partial charge in [-0.3, -0.25) is 0 Å². The van der Waals surface area contributed by atoms with E-state index in [1.165, 1.54) is 0 Å². The second-order valence-corrected chi connectivity index (χ2v) is 5.01. The minimum Gasteiger partial charge on any atom is -0.377 e. The number of hydrogen-bond acceptors (Lipinski definition) is 2. The van der Waals surface area contributed by atoms with Gasteiger partial charge in [-0.25, -0.2) is 0 Å². The Morgan fingerprint density at radius 1 is 1.11 bits per heavy atom. The van der Waals surface area contributed by atoms with Crippen molar-refractivity contribution in [1.82, 2.24) is 0 Å². The second kappa shape index (κ2) is 5.97. The van der Waals surface area contributed by atoms with Crippen molar-refractivity contribution in [3.8, 4) is 6.07 Å². The van der Waals surface area contributed by atoms with Gasteiger partial charge in [-0.1, -0.05) is 41.4 Å². The van der Waals surface area contributed by atoms with Crippen molar-refractivity contribution in [3.63, 3.8) is 0 Å². The molecule has 2 aromatic carbocycles. The summed E-state index contributed by atoms with van der Waals surface area (Å²) in [5.74, 6) is 0. The van der Waals surface area contributed by atoms with Crippen LogP contribution in [0.5, 0.6) is 0 Å². The van der Waals surface area contributed by atoms with Gasteiger partial charge in [-0.2, -0.15) is 5.26 Å². The molecule has 1 atom stereocenters. The highest BCUT2D eigenvalue weighted by atomic mass is 35.5. The Kier molecular flexibility index (Phi) is 4.31. The van der Waals surface area contributed by atoms with E-state index in [1.54, 1.807) is 12.1 Å². The first-order valence-corrected chi connectivity index (χ1v) is 6.58.